The molecule has 0 unspecified atom stereocenters. The van der Waals surface area contributed by atoms with Crippen LogP contribution in [0.2, 0.25) is 0 Å². The quantitative estimate of drug-likeness (QED) is 0.226. The smallest absolute Gasteiger partial charge is 0.251 e. The summed E-state index contributed by atoms with van der Waals surface area (Å²) >= 11 is 0. The number of rotatable bonds is 9. The lowest BCUT2D eigenvalue weighted by Gasteiger charge is -2.25. The molecule has 2 heterocycles. The van der Waals surface area contributed by atoms with Crippen LogP contribution in [-0.4, -0.2) is 44.0 Å². The molecule has 1 aliphatic rings. The highest BCUT2D eigenvalue weighted by atomic mass is 19.1. The maximum absolute atomic E-state index is 13.7. The number of halogens is 1. The summed E-state index contributed by atoms with van der Waals surface area (Å²) in [6, 6.07) is 17.7. The SMILES string of the molecule is CCC(=O)c1c(-c2ccc(F)cc2)oc2cc(N(CC)CC)c(-c3cccc(C(=O)NC4CCOCC4)c3)cc12. The van der Waals surface area contributed by atoms with Crippen molar-refractivity contribution < 1.29 is 23.1 Å². The molecule has 208 valence electrons. The van der Waals surface area contributed by atoms with Crippen LogP contribution in [0.15, 0.2) is 65.1 Å². The highest BCUT2D eigenvalue weighted by molar-refractivity contribution is 6.13. The summed E-state index contributed by atoms with van der Waals surface area (Å²) in [5, 5.41) is 3.85. The number of hydrogen-bond donors (Lipinski definition) is 1. The van der Waals surface area contributed by atoms with Crippen LogP contribution in [0, 0.1) is 5.82 Å². The number of nitrogens with zero attached hydrogens (tertiary/aromatic N) is 1. The van der Waals surface area contributed by atoms with E-state index >= 15 is 0 Å². The second kappa shape index (κ2) is 12.0. The lowest BCUT2D eigenvalue weighted by Crippen LogP contribution is -2.38. The van der Waals surface area contributed by atoms with Crippen LogP contribution in [0.1, 0.15) is 60.7 Å². The van der Waals surface area contributed by atoms with Crippen LogP contribution in [-0.2, 0) is 4.74 Å². The van der Waals surface area contributed by atoms with Crippen LogP contribution in [0.3, 0.4) is 0 Å². The summed E-state index contributed by atoms with van der Waals surface area (Å²) < 4.78 is 25.4. The van der Waals surface area contributed by atoms with Gasteiger partial charge in [0.15, 0.2) is 5.78 Å². The Balaban J connectivity index is 1.65. The average Bonchev–Trinajstić information content (AvgIpc) is 3.36. The monoisotopic (exact) mass is 542 g/mol. The zero-order valence-electron chi connectivity index (χ0n) is 23.3. The molecule has 6 nitrogen and oxygen atoms in total. The maximum atomic E-state index is 13.7. The average molecular weight is 543 g/mol. The number of Topliss-reactive ketones (excluding diaryl/α,β-unsaturated/α-hetero) is 1. The lowest BCUT2D eigenvalue weighted by molar-refractivity contribution is 0.0696. The Morgan fingerprint density at radius 3 is 2.35 bits per heavy atom. The molecule has 0 spiro atoms. The predicted molar refractivity (Wildman–Crippen MR) is 157 cm³/mol. The van der Waals surface area contributed by atoms with Gasteiger partial charge in [-0.15, -0.1) is 0 Å². The number of ether oxygens (including phenoxy) is 1. The summed E-state index contributed by atoms with van der Waals surface area (Å²) in [5.74, 6) is -0.0728. The van der Waals surface area contributed by atoms with Crippen molar-refractivity contribution in [3.63, 3.8) is 0 Å². The zero-order valence-corrected chi connectivity index (χ0v) is 23.3. The first kappa shape index (κ1) is 27.6. The third kappa shape index (κ3) is 5.52. The topological polar surface area (TPSA) is 71.8 Å². The number of nitrogens with one attached hydrogen (secondary N) is 1. The molecule has 1 amide bonds. The molecule has 1 fully saturated rings. The van der Waals surface area contributed by atoms with Gasteiger partial charge in [0.1, 0.15) is 17.2 Å². The Morgan fingerprint density at radius 1 is 0.950 bits per heavy atom. The van der Waals surface area contributed by atoms with E-state index in [1.807, 2.05) is 43.3 Å². The Labute approximate surface area is 234 Å². The molecule has 40 heavy (non-hydrogen) atoms. The number of furan rings is 1. The number of fused-ring (bicyclic) bond motifs is 1. The largest absolute Gasteiger partial charge is 0.455 e. The van der Waals surface area contributed by atoms with Gasteiger partial charge in [0.05, 0.1) is 5.56 Å². The minimum absolute atomic E-state index is 0.0517. The van der Waals surface area contributed by atoms with Crippen LogP contribution < -0.4 is 10.2 Å². The number of ketones is 1. The van der Waals surface area contributed by atoms with Gasteiger partial charge in [0.25, 0.3) is 5.91 Å². The van der Waals surface area contributed by atoms with Crippen molar-refractivity contribution in [2.75, 3.05) is 31.2 Å². The second-order valence-corrected chi connectivity index (χ2v) is 10.1. The van der Waals surface area contributed by atoms with E-state index < -0.39 is 0 Å². The standard InChI is InChI=1S/C33H35FN2O4/c1-4-29(37)31-27-19-26(22-8-7-9-23(18-22)33(38)35-25-14-16-39-17-15-25)28(36(5-2)6-3)20-30(27)40-32(31)21-10-12-24(34)13-11-21/h7-13,18-20,25H,4-6,14-17H2,1-3H3,(H,35,38). The molecule has 0 radical (unpaired) electrons. The maximum Gasteiger partial charge on any atom is 0.251 e. The molecular weight excluding hydrogens is 507 g/mol. The molecule has 3 aromatic carbocycles. The highest BCUT2D eigenvalue weighted by Gasteiger charge is 2.25. The zero-order chi connectivity index (χ0) is 28.2. The van der Waals surface area contributed by atoms with Crippen molar-refractivity contribution in [2.24, 2.45) is 0 Å². The number of carbonyl (C=O) groups is 2. The predicted octanol–water partition coefficient (Wildman–Crippen LogP) is 7.25. The fourth-order valence-electron chi connectivity index (χ4n) is 5.39. The highest BCUT2D eigenvalue weighted by Crippen LogP contribution is 2.41. The number of amides is 1. The first-order valence-corrected chi connectivity index (χ1v) is 14.1. The number of benzene rings is 3. The van der Waals surface area contributed by atoms with E-state index in [2.05, 4.69) is 24.1 Å². The van der Waals surface area contributed by atoms with E-state index in [9.17, 15) is 14.0 Å². The van der Waals surface area contributed by atoms with E-state index in [1.165, 1.54) is 12.1 Å². The summed E-state index contributed by atoms with van der Waals surface area (Å²) in [6.07, 6.45) is 1.91. The van der Waals surface area contributed by atoms with E-state index in [0.29, 0.717) is 53.1 Å². The number of anilines is 1. The Morgan fingerprint density at radius 2 is 1.68 bits per heavy atom. The summed E-state index contributed by atoms with van der Waals surface area (Å²) in [6.45, 7) is 8.85. The molecule has 1 saturated heterocycles. The molecule has 0 saturated carbocycles. The van der Waals surface area contributed by atoms with Crippen LogP contribution in [0.4, 0.5) is 10.1 Å². The minimum atomic E-state index is -0.352. The van der Waals surface area contributed by atoms with E-state index in [1.54, 1.807) is 12.1 Å². The van der Waals surface area contributed by atoms with Gasteiger partial charge < -0.3 is 19.4 Å². The minimum Gasteiger partial charge on any atom is -0.455 e. The second-order valence-electron chi connectivity index (χ2n) is 10.1. The lowest BCUT2D eigenvalue weighted by atomic mass is 9.95. The van der Waals surface area contributed by atoms with Crippen molar-refractivity contribution in [3.8, 4) is 22.5 Å². The van der Waals surface area contributed by atoms with Crippen LogP contribution in [0.25, 0.3) is 33.4 Å². The third-order valence-corrected chi connectivity index (χ3v) is 7.61. The van der Waals surface area contributed by atoms with Crippen molar-refractivity contribution >= 4 is 28.3 Å². The molecule has 4 aromatic rings. The van der Waals surface area contributed by atoms with Gasteiger partial charge in [-0.05, 0) is 74.7 Å². The molecule has 5 rings (SSSR count). The number of carbonyl (C=O) groups excluding carboxylic acids is 2. The van der Waals surface area contributed by atoms with Crippen molar-refractivity contribution in [1.29, 1.82) is 0 Å². The van der Waals surface area contributed by atoms with Gasteiger partial charge in [0, 0.05) is 72.6 Å². The fraction of sp³-hybridized carbons (Fsp3) is 0.333. The van der Waals surface area contributed by atoms with Crippen LogP contribution in [0.5, 0.6) is 0 Å². The molecule has 0 atom stereocenters. The van der Waals surface area contributed by atoms with Gasteiger partial charge in [-0.2, -0.15) is 0 Å². The summed E-state index contributed by atoms with van der Waals surface area (Å²) in [7, 11) is 0. The summed E-state index contributed by atoms with van der Waals surface area (Å²) in [4.78, 5) is 28.6. The Kier molecular flexibility index (Phi) is 8.31. The van der Waals surface area contributed by atoms with Crippen molar-refractivity contribution in [2.45, 2.75) is 46.1 Å². The molecule has 1 aromatic heterocycles. The molecule has 0 bridgehead atoms. The van der Waals surface area contributed by atoms with Gasteiger partial charge in [-0.25, -0.2) is 4.39 Å². The van der Waals surface area contributed by atoms with E-state index in [-0.39, 0.29) is 23.5 Å². The van der Waals surface area contributed by atoms with E-state index in [0.717, 1.165) is 42.7 Å². The molecule has 7 heteroatoms. The normalized spacial score (nSPS) is 13.9. The molecule has 1 N–H and O–H groups in total. The first-order valence-electron chi connectivity index (χ1n) is 14.1. The van der Waals surface area contributed by atoms with Crippen molar-refractivity contribution in [3.05, 3.63) is 77.6 Å². The number of hydrogen-bond acceptors (Lipinski definition) is 5. The fourth-order valence-corrected chi connectivity index (χ4v) is 5.39. The third-order valence-electron chi connectivity index (χ3n) is 7.61. The van der Waals surface area contributed by atoms with Gasteiger partial charge in [-0.1, -0.05) is 19.1 Å². The summed E-state index contributed by atoms with van der Waals surface area (Å²) in [5.41, 5.74) is 5.05. The van der Waals surface area contributed by atoms with Gasteiger partial charge >= 0.3 is 0 Å². The molecule has 1 aliphatic heterocycles. The van der Waals surface area contributed by atoms with Gasteiger partial charge in [0.2, 0.25) is 0 Å². The van der Waals surface area contributed by atoms with Crippen LogP contribution >= 0.6 is 0 Å². The van der Waals surface area contributed by atoms with E-state index in [4.69, 9.17) is 9.15 Å². The Bertz CT molecular complexity index is 1520. The Hall–Kier alpha value is -3.97. The van der Waals surface area contributed by atoms with Crippen molar-refractivity contribution in [1.82, 2.24) is 5.32 Å². The molecule has 0 aliphatic carbocycles. The first-order chi connectivity index (χ1) is 19.4. The van der Waals surface area contributed by atoms with Gasteiger partial charge in [-0.3, -0.25) is 9.59 Å². The molecular formula is C33H35FN2O4.